The lowest BCUT2D eigenvalue weighted by Gasteiger charge is -2.14. The molecular weight excluding hydrogens is 290 g/mol. The smallest absolute Gasteiger partial charge is 0.191 e. The molecular formula is C18H31N3O2. The molecule has 1 aromatic carbocycles. The van der Waals surface area contributed by atoms with Crippen LogP contribution in [0.3, 0.4) is 0 Å². The maximum Gasteiger partial charge on any atom is 0.191 e. The van der Waals surface area contributed by atoms with Crippen molar-refractivity contribution >= 4 is 5.96 Å². The van der Waals surface area contributed by atoms with Gasteiger partial charge in [0.2, 0.25) is 0 Å². The monoisotopic (exact) mass is 321 g/mol. The third kappa shape index (κ3) is 9.21. The van der Waals surface area contributed by atoms with Crippen molar-refractivity contribution in [2.75, 3.05) is 33.4 Å². The highest BCUT2D eigenvalue weighted by atomic mass is 16.5. The van der Waals surface area contributed by atoms with E-state index in [4.69, 9.17) is 9.47 Å². The number of ether oxygens (including phenoxy) is 2. The summed E-state index contributed by atoms with van der Waals surface area (Å²) in [5.41, 5.74) is 2.38. The van der Waals surface area contributed by atoms with Gasteiger partial charge in [0.05, 0.1) is 19.8 Å². The van der Waals surface area contributed by atoms with E-state index < -0.39 is 0 Å². The van der Waals surface area contributed by atoms with Gasteiger partial charge in [-0.25, -0.2) is 0 Å². The first-order valence-corrected chi connectivity index (χ1v) is 8.33. The molecule has 0 spiro atoms. The Labute approximate surface area is 140 Å². The van der Waals surface area contributed by atoms with Crippen molar-refractivity contribution in [3.8, 4) is 0 Å². The Balaban J connectivity index is 2.37. The van der Waals surface area contributed by atoms with Crippen molar-refractivity contribution in [1.82, 2.24) is 10.6 Å². The van der Waals surface area contributed by atoms with Gasteiger partial charge >= 0.3 is 0 Å². The molecule has 2 N–H and O–H groups in total. The molecule has 0 aliphatic carbocycles. The average Bonchev–Trinajstić information content (AvgIpc) is 2.55. The van der Waals surface area contributed by atoms with Gasteiger partial charge in [0.1, 0.15) is 0 Å². The Morgan fingerprint density at radius 1 is 1.13 bits per heavy atom. The molecule has 0 bridgehead atoms. The predicted molar refractivity (Wildman–Crippen MR) is 95.6 cm³/mol. The molecule has 0 saturated carbocycles. The third-order valence-electron chi connectivity index (χ3n) is 3.20. The van der Waals surface area contributed by atoms with Gasteiger partial charge in [-0.15, -0.1) is 0 Å². The second-order valence-corrected chi connectivity index (χ2v) is 5.77. The summed E-state index contributed by atoms with van der Waals surface area (Å²) in [5, 5.41) is 6.64. The lowest BCUT2D eigenvalue weighted by Crippen LogP contribution is -2.38. The molecule has 1 rings (SSSR count). The second kappa shape index (κ2) is 11.9. The Bertz CT molecular complexity index is 461. The molecule has 0 aliphatic heterocycles. The fourth-order valence-corrected chi connectivity index (χ4v) is 1.99. The second-order valence-electron chi connectivity index (χ2n) is 5.77. The molecule has 0 heterocycles. The van der Waals surface area contributed by atoms with Gasteiger partial charge in [0.25, 0.3) is 0 Å². The van der Waals surface area contributed by atoms with Crippen LogP contribution >= 0.6 is 0 Å². The van der Waals surface area contributed by atoms with Crippen LogP contribution in [0.25, 0.3) is 0 Å². The van der Waals surface area contributed by atoms with E-state index >= 15 is 0 Å². The zero-order chi connectivity index (χ0) is 16.9. The van der Waals surface area contributed by atoms with Gasteiger partial charge in [-0.05, 0) is 24.0 Å². The number of benzene rings is 1. The largest absolute Gasteiger partial charge is 0.379 e. The van der Waals surface area contributed by atoms with E-state index in [0.717, 1.165) is 25.7 Å². The summed E-state index contributed by atoms with van der Waals surface area (Å²) in [4.78, 5) is 4.23. The number of guanidine groups is 1. The molecule has 1 aromatic rings. The third-order valence-corrected chi connectivity index (χ3v) is 3.20. The molecule has 0 aliphatic rings. The first-order valence-electron chi connectivity index (χ1n) is 8.33. The number of aliphatic imine (C=N–C) groups is 1. The van der Waals surface area contributed by atoms with Crippen LogP contribution in [0, 0.1) is 5.92 Å². The van der Waals surface area contributed by atoms with Crippen molar-refractivity contribution in [2.24, 2.45) is 10.9 Å². The van der Waals surface area contributed by atoms with Crippen LogP contribution in [0.5, 0.6) is 0 Å². The van der Waals surface area contributed by atoms with E-state index in [9.17, 15) is 0 Å². The zero-order valence-electron chi connectivity index (χ0n) is 14.9. The van der Waals surface area contributed by atoms with Gasteiger partial charge < -0.3 is 20.1 Å². The predicted octanol–water partition coefficient (Wildman–Crippen LogP) is 2.56. The van der Waals surface area contributed by atoms with Crippen LogP contribution < -0.4 is 10.6 Å². The maximum absolute atomic E-state index is 5.61. The number of rotatable bonds is 10. The van der Waals surface area contributed by atoms with E-state index in [-0.39, 0.29) is 0 Å². The first kappa shape index (κ1) is 19.5. The van der Waals surface area contributed by atoms with Gasteiger partial charge in [0, 0.05) is 26.7 Å². The van der Waals surface area contributed by atoms with Crippen LogP contribution in [0.4, 0.5) is 0 Å². The van der Waals surface area contributed by atoms with Gasteiger partial charge in [-0.3, -0.25) is 4.99 Å². The quantitative estimate of drug-likeness (QED) is 0.395. The fourth-order valence-electron chi connectivity index (χ4n) is 1.99. The standard InChI is InChI=1S/C18H31N3O2/c1-5-22-9-10-23-14-17-8-6-7-16(11-17)13-21-18(19-4)20-12-15(2)3/h6-8,11,15H,5,9-10,12-14H2,1-4H3,(H2,19,20,21). The van der Waals surface area contributed by atoms with E-state index in [0.29, 0.717) is 25.7 Å². The molecule has 0 atom stereocenters. The SMILES string of the molecule is CCOCCOCc1cccc(CNC(=NC)NCC(C)C)c1. The number of nitrogens with zero attached hydrogens (tertiary/aromatic N) is 1. The van der Waals surface area contributed by atoms with Gasteiger partial charge in [-0.2, -0.15) is 0 Å². The van der Waals surface area contributed by atoms with Crippen molar-refractivity contribution in [2.45, 2.75) is 33.9 Å². The molecule has 5 heteroatoms. The highest BCUT2D eigenvalue weighted by Gasteiger charge is 2.01. The molecule has 0 unspecified atom stereocenters. The van der Waals surface area contributed by atoms with Gasteiger partial charge in [0.15, 0.2) is 5.96 Å². The van der Waals surface area contributed by atoms with E-state index in [1.807, 2.05) is 6.92 Å². The zero-order valence-corrected chi connectivity index (χ0v) is 14.9. The van der Waals surface area contributed by atoms with Crippen molar-refractivity contribution in [1.29, 1.82) is 0 Å². The van der Waals surface area contributed by atoms with E-state index in [2.05, 4.69) is 53.7 Å². The summed E-state index contributed by atoms with van der Waals surface area (Å²) in [5.74, 6) is 1.42. The molecule has 0 aromatic heterocycles. The molecule has 23 heavy (non-hydrogen) atoms. The minimum atomic E-state index is 0.589. The van der Waals surface area contributed by atoms with E-state index in [1.165, 1.54) is 11.1 Å². The summed E-state index contributed by atoms with van der Waals surface area (Å²) >= 11 is 0. The molecule has 0 amide bonds. The number of hydrogen-bond acceptors (Lipinski definition) is 3. The average molecular weight is 321 g/mol. The van der Waals surface area contributed by atoms with Crippen LogP contribution in [-0.4, -0.2) is 39.4 Å². The minimum Gasteiger partial charge on any atom is -0.379 e. The Hall–Kier alpha value is -1.59. The highest BCUT2D eigenvalue weighted by molar-refractivity contribution is 5.79. The lowest BCUT2D eigenvalue weighted by molar-refractivity contribution is 0.0453. The Morgan fingerprint density at radius 2 is 1.87 bits per heavy atom. The van der Waals surface area contributed by atoms with Crippen molar-refractivity contribution < 1.29 is 9.47 Å². The molecule has 0 saturated heterocycles. The summed E-state index contributed by atoms with van der Waals surface area (Å²) in [6.07, 6.45) is 0. The summed E-state index contributed by atoms with van der Waals surface area (Å²) in [6, 6.07) is 8.40. The normalized spacial score (nSPS) is 11.8. The Kier molecular flexibility index (Phi) is 10.1. The van der Waals surface area contributed by atoms with Crippen molar-refractivity contribution in [3.05, 3.63) is 35.4 Å². The summed E-state index contributed by atoms with van der Waals surface area (Å²) < 4.78 is 10.9. The minimum absolute atomic E-state index is 0.589. The molecule has 5 nitrogen and oxygen atoms in total. The highest BCUT2D eigenvalue weighted by Crippen LogP contribution is 2.06. The number of hydrogen-bond donors (Lipinski definition) is 2. The summed E-state index contributed by atoms with van der Waals surface area (Å²) in [6.45, 7) is 10.6. The maximum atomic E-state index is 5.61. The molecule has 0 radical (unpaired) electrons. The number of nitrogens with one attached hydrogen (secondary N) is 2. The van der Waals surface area contributed by atoms with Crippen LogP contribution in [0.2, 0.25) is 0 Å². The van der Waals surface area contributed by atoms with Crippen LogP contribution in [-0.2, 0) is 22.6 Å². The molecule has 130 valence electrons. The first-order chi connectivity index (χ1) is 11.2. The van der Waals surface area contributed by atoms with E-state index in [1.54, 1.807) is 7.05 Å². The van der Waals surface area contributed by atoms with Crippen LogP contribution in [0.1, 0.15) is 31.9 Å². The van der Waals surface area contributed by atoms with Crippen molar-refractivity contribution in [3.63, 3.8) is 0 Å². The summed E-state index contributed by atoms with van der Waals surface area (Å²) in [7, 11) is 1.79. The Morgan fingerprint density at radius 3 is 2.57 bits per heavy atom. The molecule has 0 fully saturated rings. The fraction of sp³-hybridized carbons (Fsp3) is 0.611. The van der Waals surface area contributed by atoms with Crippen LogP contribution in [0.15, 0.2) is 29.3 Å². The van der Waals surface area contributed by atoms with Gasteiger partial charge in [-0.1, -0.05) is 38.1 Å². The lowest BCUT2D eigenvalue weighted by atomic mass is 10.1. The topological polar surface area (TPSA) is 54.9 Å².